The average Bonchev–Trinajstić information content (AvgIpc) is 3.68. The molecule has 6 rings (SSSR count). The fraction of sp³-hybridized carbons (Fsp3) is 0.611. The van der Waals surface area contributed by atoms with Crippen molar-refractivity contribution in [3.8, 4) is 0 Å². The van der Waals surface area contributed by atoms with E-state index in [1.807, 2.05) is 67.3 Å². The Morgan fingerprint density at radius 1 is 1.06 bits per heavy atom. The summed E-state index contributed by atoms with van der Waals surface area (Å²) in [6, 6.07) is 6.91. The highest BCUT2D eigenvalue weighted by Gasteiger charge is 2.75. The molecule has 10 nitrogen and oxygen atoms in total. The molecule has 2 N–H and O–H groups in total. The van der Waals surface area contributed by atoms with Gasteiger partial charge in [-0.2, -0.15) is 0 Å². The van der Waals surface area contributed by atoms with Crippen LogP contribution in [-0.2, 0) is 28.7 Å². The third-order valence-corrected chi connectivity index (χ3v) is 11.6. The molecule has 4 aliphatic heterocycles. The van der Waals surface area contributed by atoms with Crippen LogP contribution >= 0.6 is 15.9 Å². The summed E-state index contributed by atoms with van der Waals surface area (Å²) < 4.78 is 13.0. The van der Waals surface area contributed by atoms with Gasteiger partial charge in [-0.15, -0.1) is 0 Å². The van der Waals surface area contributed by atoms with E-state index in [9.17, 15) is 19.5 Å². The number of carbonyl (C=O) groups excluding carboxylic acids is 4. The van der Waals surface area contributed by atoms with Crippen molar-refractivity contribution in [2.24, 2.45) is 17.8 Å². The minimum Gasteiger partial charge on any atom is -0.463 e. The SMILES string of the molecule is CC[C@H](C)[C@H](CO)N1C(=O)[C@@H]2[C@H]3C(=O)N[C@@H](c4ccccc4)COC(=O)CC/C=C\CN(C4CCCCC4)C(=O)[C@@H]1[C@]21C=C(Br)[C@H]3O1. The maximum atomic E-state index is 15.1. The number of likely N-dealkylation sites (tertiary alicyclic amines) is 1. The lowest BCUT2D eigenvalue weighted by Crippen LogP contribution is -2.61. The molecule has 0 unspecified atom stereocenters. The molecule has 11 heteroatoms. The Hall–Kier alpha value is -3.02. The van der Waals surface area contributed by atoms with Gasteiger partial charge in [-0.1, -0.05) is 97.9 Å². The highest BCUT2D eigenvalue weighted by molar-refractivity contribution is 9.11. The normalized spacial score (nSPS) is 34.0. The Kier molecular flexibility index (Phi) is 10.2. The molecule has 254 valence electrons. The van der Waals surface area contributed by atoms with Crippen LogP contribution in [0.15, 0.2) is 53.0 Å². The molecule has 4 heterocycles. The zero-order valence-corrected chi connectivity index (χ0v) is 28.8. The molecule has 47 heavy (non-hydrogen) atoms. The second kappa shape index (κ2) is 14.2. The molecule has 1 aromatic carbocycles. The molecular weight excluding hydrogens is 666 g/mol. The predicted molar refractivity (Wildman–Crippen MR) is 178 cm³/mol. The number of esters is 1. The van der Waals surface area contributed by atoms with Crippen molar-refractivity contribution in [1.82, 2.24) is 15.1 Å². The van der Waals surface area contributed by atoms with Crippen LogP contribution in [0.3, 0.4) is 0 Å². The molecule has 3 fully saturated rings. The lowest BCUT2D eigenvalue weighted by Gasteiger charge is -2.43. The summed E-state index contributed by atoms with van der Waals surface area (Å²) in [7, 11) is 0. The Labute approximate surface area is 285 Å². The molecule has 1 spiro atoms. The molecule has 2 saturated heterocycles. The number of amides is 3. The summed E-state index contributed by atoms with van der Waals surface area (Å²) in [5.74, 6) is -3.42. The number of nitrogens with zero attached hydrogens (tertiary/aromatic N) is 2. The van der Waals surface area contributed by atoms with Gasteiger partial charge in [0.1, 0.15) is 24.4 Å². The largest absolute Gasteiger partial charge is 0.463 e. The number of rotatable bonds is 6. The van der Waals surface area contributed by atoms with Crippen LogP contribution in [0, 0.1) is 17.8 Å². The van der Waals surface area contributed by atoms with Gasteiger partial charge in [0.05, 0.1) is 30.5 Å². The minimum atomic E-state index is -1.39. The molecular formula is C36H46BrN3O7. The van der Waals surface area contributed by atoms with E-state index in [1.54, 1.807) is 4.90 Å². The second-order valence-corrected chi connectivity index (χ2v) is 14.6. The first-order chi connectivity index (χ1) is 22.7. The molecule has 3 amide bonds. The number of allylic oxidation sites excluding steroid dienone is 1. The van der Waals surface area contributed by atoms with E-state index in [0.29, 0.717) is 23.9 Å². The fourth-order valence-corrected chi connectivity index (χ4v) is 9.04. The topological polar surface area (TPSA) is 125 Å². The number of benzene rings is 1. The molecule has 1 aromatic rings. The number of aliphatic hydroxyl groups excluding tert-OH is 1. The quantitative estimate of drug-likeness (QED) is 0.335. The van der Waals surface area contributed by atoms with Gasteiger partial charge in [-0.3, -0.25) is 19.2 Å². The van der Waals surface area contributed by atoms with Crippen molar-refractivity contribution in [3.05, 3.63) is 58.6 Å². The van der Waals surface area contributed by atoms with Crippen LogP contribution < -0.4 is 5.32 Å². The Morgan fingerprint density at radius 2 is 1.81 bits per heavy atom. The van der Waals surface area contributed by atoms with Gasteiger partial charge in [0, 0.05) is 23.5 Å². The summed E-state index contributed by atoms with van der Waals surface area (Å²) in [6.45, 7) is 3.91. The summed E-state index contributed by atoms with van der Waals surface area (Å²) in [6.07, 6.45) is 11.0. The Balaban J connectivity index is 1.46. The molecule has 1 aliphatic carbocycles. The third kappa shape index (κ3) is 6.19. The number of hydrogen-bond acceptors (Lipinski definition) is 7. The van der Waals surface area contributed by atoms with Crippen molar-refractivity contribution >= 4 is 39.6 Å². The van der Waals surface area contributed by atoms with E-state index in [-0.39, 0.29) is 49.4 Å². The second-order valence-electron chi connectivity index (χ2n) is 13.7. The summed E-state index contributed by atoms with van der Waals surface area (Å²) >= 11 is 3.64. The van der Waals surface area contributed by atoms with Gasteiger partial charge in [-0.05, 0) is 36.8 Å². The lowest BCUT2D eigenvalue weighted by molar-refractivity contribution is -0.153. The van der Waals surface area contributed by atoms with Crippen molar-refractivity contribution in [3.63, 3.8) is 0 Å². The number of hydrogen-bond donors (Lipinski definition) is 2. The van der Waals surface area contributed by atoms with Gasteiger partial charge in [-0.25, -0.2) is 0 Å². The van der Waals surface area contributed by atoms with Gasteiger partial charge in [0.25, 0.3) is 0 Å². The Bertz CT molecular complexity index is 1410. The van der Waals surface area contributed by atoms with E-state index in [2.05, 4.69) is 21.2 Å². The number of halogens is 1. The van der Waals surface area contributed by atoms with E-state index < -0.39 is 47.6 Å². The zero-order chi connectivity index (χ0) is 33.3. The van der Waals surface area contributed by atoms with Gasteiger partial charge < -0.3 is 29.7 Å². The van der Waals surface area contributed by atoms with E-state index in [1.165, 1.54) is 0 Å². The van der Waals surface area contributed by atoms with Crippen LogP contribution in [-0.4, -0.2) is 88.2 Å². The maximum Gasteiger partial charge on any atom is 0.306 e. The number of nitrogens with one attached hydrogen (secondary N) is 1. The molecule has 0 aromatic heterocycles. The number of cyclic esters (lactones) is 1. The summed E-state index contributed by atoms with van der Waals surface area (Å²) in [5, 5.41) is 13.8. The maximum absolute atomic E-state index is 15.1. The third-order valence-electron chi connectivity index (χ3n) is 11.0. The van der Waals surface area contributed by atoms with Crippen LogP contribution in [0.1, 0.15) is 76.8 Å². The predicted octanol–water partition coefficient (Wildman–Crippen LogP) is 4.18. The Morgan fingerprint density at radius 3 is 2.51 bits per heavy atom. The molecule has 5 aliphatic rings. The first-order valence-corrected chi connectivity index (χ1v) is 18.0. The van der Waals surface area contributed by atoms with Crippen LogP contribution in [0.5, 0.6) is 0 Å². The summed E-state index contributed by atoms with van der Waals surface area (Å²) in [4.78, 5) is 60.4. The average molecular weight is 713 g/mol. The number of fused-ring (bicyclic) bond motifs is 2. The van der Waals surface area contributed by atoms with E-state index in [4.69, 9.17) is 9.47 Å². The molecule has 0 radical (unpaired) electrons. The van der Waals surface area contributed by atoms with Crippen molar-refractivity contribution in [2.75, 3.05) is 19.8 Å². The zero-order valence-electron chi connectivity index (χ0n) is 27.2. The first-order valence-electron chi connectivity index (χ1n) is 17.2. The monoisotopic (exact) mass is 711 g/mol. The molecule has 5 bridgehead atoms. The van der Waals surface area contributed by atoms with E-state index >= 15 is 4.79 Å². The van der Waals surface area contributed by atoms with Gasteiger partial charge in [0.2, 0.25) is 17.7 Å². The number of aliphatic hydroxyl groups is 1. The van der Waals surface area contributed by atoms with E-state index in [0.717, 1.165) is 37.7 Å². The summed E-state index contributed by atoms with van der Waals surface area (Å²) in [5.41, 5.74) is -0.632. The van der Waals surface area contributed by atoms with Crippen LogP contribution in [0.4, 0.5) is 0 Å². The highest BCUT2D eigenvalue weighted by atomic mass is 79.9. The van der Waals surface area contributed by atoms with Crippen LogP contribution in [0.25, 0.3) is 0 Å². The highest BCUT2D eigenvalue weighted by Crippen LogP contribution is 2.59. The molecule has 1 saturated carbocycles. The smallest absolute Gasteiger partial charge is 0.306 e. The minimum absolute atomic E-state index is 0.0201. The lowest BCUT2D eigenvalue weighted by atomic mass is 9.73. The van der Waals surface area contributed by atoms with Crippen LogP contribution in [0.2, 0.25) is 0 Å². The first kappa shape index (κ1) is 33.9. The van der Waals surface area contributed by atoms with Crippen molar-refractivity contribution in [2.45, 2.75) is 101 Å². The van der Waals surface area contributed by atoms with Gasteiger partial charge in [0.15, 0.2) is 0 Å². The standard InChI is InChI=1S/C36H46BrN3O7/c1-3-22(2)27(20-41)40-32-35(45)39(24-15-9-5-10-16-24)18-12-6-11-17-28(42)46-21-26(23-13-7-4-8-14-23)38-33(43)29-30(34(40)44)36(32)19-25(37)31(29)47-36/h4,6-8,12-14,19,22,24,26-27,29-32,41H,3,5,9-11,15-18,20-21H2,1-2H3,(H,38,43)/b12-6-/t22-,26+,27-,29+,30-,31+,32+,36-/m0/s1. The van der Waals surface area contributed by atoms with Crippen molar-refractivity contribution in [1.29, 1.82) is 0 Å². The number of ether oxygens (including phenoxy) is 2. The molecule has 8 atom stereocenters. The van der Waals surface area contributed by atoms with Gasteiger partial charge >= 0.3 is 5.97 Å². The van der Waals surface area contributed by atoms with Crippen molar-refractivity contribution < 1.29 is 33.8 Å². The fourth-order valence-electron chi connectivity index (χ4n) is 8.31. The number of carbonyl (C=O) groups is 4.